The van der Waals surface area contributed by atoms with E-state index in [1.807, 2.05) is 0 Å². The number of nitrogens with zero attached hydrogens (tertiary/aromatic N) is 3. The summed E-state index contributed by atoms with van der Waals surface area (Å²) < 4.78 is 13.1. The molecule has 0 aliphatic carbocycles. The summed E-state index contributed by atoms with van der Waals surface area (Å²) in [7, 11) is 1.57. The van der Waals surface area contributed by atoms with Crippen LogP contribution in [0.25, 0.3) is 0 Å². The number of carbonyl (C=O) groups excluding carboxylic acids is 1. The molecule has 9 heteroatoms. The van der Waals surface area contributed by atoms with E-state index in [0.717, 1.165) is 0 Å². The number of rotatable bonds is 2. The first-order chi connectivity index (χ1) is 12.2. The molecular formula is C17H13Cl2FN3O3-. The van der Waals surface area contributed by atoms with Gasteiger partial charge in [0.1, 0.15) is 11.4 Å². The number of fused-ring (bicyclic) bond motifs is 3. The fourth-order valence-corrected chi connectivity index (χ4v) is 4.59. The van der Waals surface area contributed by atoms with Crippen LogP contribution in [0.2, 0.25) is 0 Å². The largest absolute Gasteiger partial charge is 0.733 e. The van der Waals surface area contributed by atoms with Crippen LogP contribution in [0, 0.1) is 11.0 Å². The van der Waals surface area contributed by atoms with Crippen molar-refractivity contribution in [3.05, 3.63) is 64.6 Å². The van der Waals surface area contributed by atoms with E-state index in [0.29, 0.717) is 11.3 Å². The number of halogens is 3. The predicted molar refractivity (Wildman–Crippen MR) is 95.8 cm³/mol. The third-order valence-corrected chi connectivity index (χ3v) is 5.97. The normalized spacial score (nSPS) is 26.0. The first-order valence-corrected chi connectivity index (χ1v) is 8.46. The van der Waals surface area contributed by atoms with Crippen molar-refractivity contribution in [2.45, 2.75) is 10.00 Å². The van der Waals surface area contributed by atoms with Crippen molar-refractivity contribution >= 4 is 40.5 Å². The fraction of sp³-hybridized carbons (Fsp3) is 0.235. The van der Waals surface area contributed by atoms with Crippen LogP contribution in [0.1, 0.15) is 11.1 Å². The van der Waals surface area contributed by atoms with Gasteiger partial charge in [-0.3, -0.25) is 10.0 Å². The lowest BCUT2D eigenvalue weighted by Gasteiger charge is -2.28. The third-order valence-electron chi connectivity index (χ3n) is 5.01. The van der Waals surface area contributed by atoms with Gasteiger partial charge in [0.05, 0.1) is 12.2 Å². The smallest absolute Gasteiger partial charge is 0.241 e. The SMILES string of the molecule is CN1C(=O)CN2C(Cl)(Cl)C2(c2ccccc2F)c2cc(N([O-])O)ccc21. The van der Waals surface area contributed by atoms with Crippen LogP contribution in [0.15, 0.2) is 42.5 Å². The molecule has 26 heavy (non-hydrogen) atoms. The highest BCUT2D eigenvalue weighted by Crippen LogP contribution is 2.70. The maximum absolute atomic E-state index is 14.7. The second-order valence-electron chi connectivity index (χ2n) is 6.24. The molecule has 4 rings (SSSR count). The first-order valence-electron chi connectivity index (χ1n) is 7.70. The lowest BCUT2D eigenvalue weighted by Crippen LogP contribution is -2.32. The molecule has 136 valence electrons. The average molecular weight is 397 g/mol. The molecule has 1 fully saturated rings. The van der Waals surface area contributed by atoms with Gasteiger partial charge in [0.25, 0.3) is 0 Å². The summed E-state index contributed by atoms with van der Waals surface area (Å²) in [6.07, 6.45) is 0. The Morgan fingerprint density at radius 2 is 1.92 bits per heavy atom. The minimum atomic E-state index is -1.59. The number of carbonyl (C=O) groups is 1. The summed E-state index contributed by atoms with van der Waals surface area (Å²) in [5.74, 6) is -0.833. The number of alkyl halides is 2. The van der Waals surface area contributed by atoms with Crippen molar-refractivity contribution in [2.24, 2.45) is 0 Å². The quantitative estimate of drug-likeness (QED) is 0.365. The minimum absolute atomic E-state index is 0.0850. The number of hydrogen-bond donors (Lipinski definition) is 1. The molecule has 6 nitrogen and oxygen atoms in total. The lowest BCUT2D eigenvalue weighted by atomic mass is 9.88. The molecule has 2 aliphatic heterocycles. The molecule has 0 bridgehead atoms. The Morgan fingerprint density at radius 3 is 2.58 bits per heavy atom. The van der Waals surface area contributed by atoms with Gasteiger partial charge in [-0.2, -0.15) is 0 Å². The van der Waals surface area contributed by atoms with Gasteiger partial charge in [-0.15, -0.1) is 0 Å². The summed E-state index contributed by atoms with van der Waals surface area (Å²) in [5.41, 5.74) is -0.494. The highest BCUT2D eigenvalue weighted by atomic mass is 35.5. The number of benzene rings is 2. The van der Waals surface area contributed by atoms with E-state index in [4.69, 9.17) is 23.2 Å². The summed E-state index contributed by atoms with van der Waals surface area (Å²) in [6, 6.07) is 10.2. The molecule has 2 atom stereocenters. The first kappa shape index (κ1) is 17.5. The summed E-state index contributed by atoms with van der Waals surface area (Å²) >= 11 is 13.0. The summed E-state index contributed by atoms with van der Waals surface area (Å²) in [5, 5.41) is 20.4. The van der Waals surface area contributed by atoms with E-state index < -0.39 is 15.8 Å². The number of anilines is 2. The van der Waals surface area contributed by atoms with Gasteiger partial charge in [-0.25, -0.2) is 9.29 Å². The van der Waals surface area contributed by atoms with Crippen LogP contribution in [0.4, 0.5) is 15.8 Å². The summed E-state index contributed by atoms with van der Waals surface area (Å²) in [6.45, 7) is -0.137. The van der Waals surface area contributed by atoms with Gasteiger partial charge in [-0.05, 0) is 24.3 Å². The Kier molecular flexibility index (Phi) is 3.74. The Bertz CT molecular complexity index is 924. The van der Waals surface area contributed by atoms with E-state index in [9.17, 15) is 19.6 Å². The lowest BCUT2D eigenvalue weighted by molar-refractivity contribution is -0.118. The van der Waals surface area contributed by atoms with Crippen LogP contribution in [0.5, 0.6) is 0 Å². The van der Waals surface area contributed by atoms with Crippen molar-refractivity contribution < 1.29 is 14.4 Å². The monoisotopic (exact) mass is 396 g/mol. The van der Waals surface area contributed by atoms with Gasteiger partial charge >= 0.3 is 0 Å². The number of likely N-dealkylation sites (N-methyl/N-ethyl adjacent to an activating group) is 1. The highest BCUT2D eigenvalue weighted by molar-refractivity contribution is 6.52. The zero-order chi connectivity index (χ0) is 18.9. The van der Waals surface area contributed by atoms with E-state index in [1.54, 1.807) is 13.1 Å². The third kappa shape index (κ3) is 2.06. The van der Waals surface area contributed by atoms with Crippen LogP contribution < -0.4 is 10.1 Å². The predicted octanol–water partition coefficient (Wildman–Crippen LogP) is 3.19. The molecule has 2 unspecified atom stereocenters. The van der Waals surface area contributed by atoms with Gasteiger partial charge in [0.2, 0.25) is 5.91 Å². The van der Waals surface area contributed by atoms with Crippen molar-refractivity contribution in [2.75, 3.05) is 23.7 Å². The summed E-state index contributed by atoms with van der Waals surface area (Å²) in [4.78, 5) is 15.4. The van der Waals surface area contributed by atoms with Crippen LogP contribution in [-0.4, -0.2) is 34.1 Å². The molecule has 1 amide bonds. The Balaban J connectivity index is 2.07. The molecule has 0 spiro atoms. The number of hydrogen-bond acceptors (Lipinski definition) is 5. The average Bonchev–Trinajstić information content (AvgIpc) is 3.11. The zero-order valence-electron chi connectivity index (χ0n) is 13.5. The van der Waals surface area contributed by atoms with Crippen molar-refractivity contribution in [1.29, 1.82) is 0 Å². The zero-order valence-corrected chi connectivity index (χ0v) is 15.0. The van der Waals surface area contributed by atoms with Crippen molar-refractivity contribution in [3.8, 4) is 0 Å². The van der Waals surface area contributed by atoms with Crippen molar-refractivity contribution in [3.63, 3.8) is 0 Å². The second-order valence-corrected chi connectivity index (χ2v) is 7.53. The van der Waals surface area contributed by atoms with Crippen molar-refractivity contribution in [1.82, 2.24) is 4.90 Å². The minimum Gasteiger partial charge on any atom is -0.733 e. The molecule has 0 aromatic heterocycles. The molecular weight excluding hydrogens is 384 g/mol. The number of amides is 1. The Hall–Kier alpha value is -1.90. The maximum atomic E-state index is 14.7. The van der Waals surface area contributed by atoms with Crippen LogP contribution >= 0.6 is 23.2 Å². The van der Waals surface area contributed by atoms with Gasteiger partial charge in [-0.1, -0.05) is 41.4 Å². The second kappa shape index (κ2) is 5.55. The standard InChI is InChI=1S/C17H13Cl2FN3O3/c1-21-14-7-6-10(23(25)26)8-12(14)16(11-4-2-3-5-13(11)20)17(18,19)22(16)9-15(21)24/h2-8,25H,9H2,1H3/q-1. The van der Waals surface area contributed by atoms with E-state index in [2.05, 4.69) is 0 Å². The Morgan fingerprint density at radius 1 is 1.23 bits per heavy atom. The van der Waals surface area contributed by atoms with Crippen LogP contribution in [-0.2, 0) is 10.3 Å². The molecule has 0 saturated carbocycles. The molecule has 2 heterocycles. The molecule has 2 aliphatic rings. The van der Waals surface area contributed by atoms with Crippen LogP contribution in [0.3, 0.4) is 0 Å². The fourth-order valence-electron chi connectivity index (χ4n) is 3.69. The molecule has 0 radical (unpaired) electrons. The van der Waals surface area contributed by atoms with Gasteiger partial charge < -0.3 is 15.3 Å². The Labute approximate surface area is 158 Å². The van der Waals surface area contributed by atoms with E-state index >= 15 is 0 Å². The molecule has 1 N–H and O–H groups in total. The maximum Gasteiger partial charge on any atom is 0.241 e. The molecule has 2 aromatic carbocycles. The van der Waals surface area contributed by atoms with E-state index in [1.165, 1.54) is 46.2 Å². The molecule has 1 saturated heterocycles. The topological polar surface area (TPSA) is 69.9 Å². The highest BCUT2D eigenvalue weighted by Gasteiger charge is 2.78. The van der Waals surface area contributed by atoms with Gasteiger partial charge in [0, 0.05) is 23.9 Å². The van der Waals surface area contributed by atoms with E-state index in [-0.39, 0.29) is 28.9 Å². The van der Waals surface area contributed by atoms with Gasteiger partial charge in [0.15, 0.2) is 4.46 Å². The molecule has 2 aromatic rings.